The maximum Gasteiger partial charge on any atom is 0.263 e. The van der Waals surface area contributed by atoms with E-state index in [1.807, 2.05) is 24.3 Å². The highest BCUT2D eigenvalue weighted by molar-refractivity contribution is 9.10. The van der Waals surface area contributed by atoms with Gasteiger partial charge in [0.05, 0.1) is 25.3 Å². The van der Waals surface area contributed by atoms with Crippen molar-refractivity contribution in [1.29, 1.82) is 0 Å². The Balaban J connectivity index is 2.18. The minimum Gasteiger partial charge on any atom is -0.497 e. The van der Waals surface area contributed by atoms with Gasteiger partial charge in [0.2, 0.25) is 10.0 Å². The van der Waals surface area contributed by atoms with Crippen molar-refractivity contribution >= 4 is 43.8 Å². The molecule has 2 rings (SSSR count). The number of ether oxygens (including phenoxy) is 1. The van der Waals surface area contributed by atoms with Gasteiger partial charge in [-0.25, -0.2) is 13.8 Å². The third-order valence-corrected chi connectivity index (χ3v) is 5.66. The van der Waals surface area contributed by atoms with Gasteiger partial charge >= 0.3 is 0 Å². The van der Waals surface area contributed by atoms with Crippen LogP contribution in [0.5, 0.6) is 5.75 Å². The zero-order valence-electron chi connectivity index (χ0n) is 15.1. The minimum atomic E-state index is -3.69. The number of hydrogen-bond donors (Lipinski definition) is 1. The summed E-state index contributed by atoms with van der Waals surface area (Å²) in [4.78, 5) is 12.4. The van der Waals surface area contributed by atoms with E-state index in [-0.39, 0.29) is 0 Å². The molecule has 0 saturated heterocycles. The Kier molecular flexibility index (Phi) is 6.98. The summed E-state index contributed by atoms with van der Waals surface area (Å²) in [7, 11) is -2.18. The van der Waals surface area contributed by atoms with Crippen LogP contribution >= 0.6 is 15.9 Å². The molecule has 0 aliphatic rings. The van der Waals surface area contributed by atoms with E-state index < -0.39 is 22.0 Å². The molecule has 0 bridgehead atoms. The van der Waals surface area contributed by atoms with Crippen LogP contribution in [0, 0.1) is 0 Å². The number of hydrazone groups is 1. The standard InChI is InChI=1S/C18H20BrN3O4S/c1-13(18(23)21-20-12-14-6-4-5-7-17(14)19)22(27(3,24)25)15-8-10-16(26-2)11-9-15/h4-13H,1-3H3,(H,21,23)/b20-12-/t13-/m1/s1. The highest BCUT2D eigenvalue weighted by Crippen LogP contribution is 2.23. The van der Waals surface area contributed by atoms with Crippen LogP contribution in [0.1, 0.15) is 12.5 Å². The van der Waals surface area contributed by atoms with Crippen LogP contribution in [0.4, 0.5) is 5.69 Å². The summed E-state index contributed by atoms with van der Waals surface area (Å²) >= 11 is 3.38. The predicted octanol–water partition coefficient (Wildman–Crippen LogP) is 2.76. The molecule has 27 heavy (non-hydrogen) atoms. The molecule has 2 aromatic carbocycles. The van der Waals surface area contributed by atoms with E-state index in [1.54, 1.807) is 24.3 Å². The number of methoxy groups -OCH3 is 1. The number of rotatable bonds is 7. The zero-order valence-corrected chi connectivity index (χ0v) is 17.5. The Labute approximate surface area is 167 Å². The molecule has 0 aliphatic carbocycles. The molecule has 1 atom stereocenters. The largest absolute Gasteiger partial charge is 0.497 e. The van der Waals surface area contributed by atoms with Crippen molar-refractivity contribution in [3.8, 4) is 5.75 Å². The molecule has 2 aromatic rings. The Morgan fingerprint density at radius 2 is 1.85 bits per heavy atom. The van der Waals surface area contributed by atoms with Crippen LogP contribution < -0.4 is 14.5 Å². The molecule has 1 N–H and O–H groups in total. The fourth-order valence-corrected chi connectivity index (χ4v) is 3.94. The smallest absolute Gasteiger partial charge is 0.263 e. The first-order chi connectivity index (χ1) is 12.7. The lowest BCUT2D eigenvalue weighted by Gasteiger charge is -2.27. The van der Waals surface area contributed by atoms with Gasteiger partial charge in [-0.1, -0.05) is 34.1 Å². The van der Waals surface area contributed by atoms with Crippen molar-refractivity contribution < 1.29 is 17.9 Å². The summed E-state index contributed by atoms with van der Waals surface area (Å²) in [6.45, 7) is 1.49. The summed E-state index contributed by atoms with van der Waals surface area (Å²) in [5.41, 5.74) is 3.52. The topological polar surface area (TPSA) is 88.1 Å². The molecule has 0 spiro atoms. The van der Waals surface area contributed by atoms with Gasteiger partial charge in [0.15, 0.2) is 0 Å². The second-order valence-corrected chi connectivity index (χ2v) is 8.40. The molecule has 0 aromatic heterocycles. The van der Waals surface area contributed by atoms with Crippen molar-refractivity contribution in [2.75, 3.05) is 17.7 Å². The van der Waals surface area contributed by atoms with Crippen molar-refractivity contribution in [1.82, 2.24) is 5.43 Å². The average molecular weight is 454 g/mol. The Bertz CT molecular complexity index is 930. The lowest BCUT2D eigenvalue weighted by Crippen LogP contribution is -2.46. The van der Waals surface area contributed by atoms with Gasteiger partial charge in [-0.3, -0.25) is 9.10 Å². The predicted molar refractivity (Wildman–Crippen MR) is 110 cm³/mol. The number of nitrogens with one attached hydrogen (secondary N) is 1. The molecular weight excluding hydrogens is 434 g/mol. The normalized spacial score (nSPS) is 12.6. The van der Waals surface area contributed by atoms with Crippen LogP contribution in [-0.2, 0) is 14.8 Å². The maximum atomic E-state index is 12.4. The van der Waals surface area contributed by atoms with Crippen molar-refractivity contribution in [2.24, 2.45) is 5.10 Å². The number of amides is 1. The van der Waals surface area contributed by atoms with Gasteiger partial charge < -0.3 is 4.74 Å². The summed E-state index contributed by atoms with van der Waals surface area (Å²) in [6, 6.07) is 12.8. The first kappa shape index (κ1) is 20.9. The quantitative estimate of drug-likeness (QED) is 0.515. The summed E-state index contributed by atoms with van der Waals surface area (Å²) in [5.74, 6) is 0.0295. The van der Waals surface area contributed by atoms with Gasteiger partial charge in [0.25, 0.3) is 5.91 Å². The Morgan fingerprint density at radius 3 is 2.41 bits per heavy atom. The number of hydrogen-bond acceptors (Lipinski definition) is 5. The number of carbonyl (C=O) groups excluding carboxylic acids is 1. The van der Waals surface area contributed by atoms with Crippen LogP contribution in [0.15, 0.2) is 58.1 Å². The van der Waals surface area contributed by atoms with Gasteiger partial charge in [0, 0.05) is 10.0 Å². The highest BCUT2D eigenvalue weighted by atomic mass is 79.9. The van der Waals surface area contributed by atoms with Crippen molar-refractivity contribution in [2.45, 2.75) is 13.0 Å². The molecule has 0 aliphatic heterocycles. The summed E-state index contributed by atoms with van der Waals surface area (Å²) in [6.07, 6.45) is 2.53. The van der Waals surface area contributed by atoms with E-state index in [0.29, 0.717) is 11.4 Å². The number of carbonyl (C=O) groups is 1. The van der Waals surface area contributed by atoms with E-state index in [0.717, 1.165) is 20.6 Å². The monoisotopic (exact) mass is 453 g/mol. The average Bonchev–Trinajstić information content (AvgIpc) is 2.62. The number of benzene rings is 2. The van der Waals surface area contributed by atoms with Crippen LogP contribution in [0.25, 0.3) is 0 Å². The third-order valence-electron chi connectivity index (χ3n) is 3.70. The van der Waals surface area contributed by atoms with Crippen LogP contribution in [0.3, 0.4) is 0 Å². The molecule has 7 nitrogen and oxygen atoms in total. The van der Waals surface area contributed by atoms with E-state index in [9.17, 15) is 13.2 Å². The summed E-state index contributed by atoms with van der Waals surface area (Å²) < 4.78 is 31.4. The van der Waals surface area contributed by atoms with Gasteiger partial charge in [0.1, 0.15) is 11.8 Å². The molecule has 0 saturated carbocycles. The number of halogens is 1. The molecule has 9 heteroatoms. The fourth-order valence-electron chi connectivity index (χ4n) is 2.38. The first-order valence-electron chi connectivity index (χ1n) is 7.95. The second kappa shape index (κ2) is 9.01. The SMILES string of the molecule is COc1ccc(N([C@H](C)C(=O)N/N=C\c2ccccc2Br)S(C)(=O)=O)cc1. The Morgan fingerprint density at radius 1 is 1.22 bits per heavy atom. The number of anilines is 1. The molecule has 0 unspecified atom stereocenters. The maximum absolute atomic E-state index is 12.4. The fraction of sp³-hybridized carbons (Fsp3) is 0.222. The van der Waals surface area contributed by atoms with E-state index >= 15 is 0 Å². The second-order valence-electron chi connectivity index (χ2n) is 5.69. The molecule has 0 fully saturated rings. The van der Waals surface area contributed by atoms with E-state index in [2.05, 4.69) is 26.5 Å². The third kappa shape index (κ3) is 5.54. The lowest BCUT2D eigenvalue weighted by atomic mass is 10.2. The number of sulfonamides is 1. The number of nitrogens with zero attached hydrogens (tertiary/aromatic N) is 2. The highest BCUT2D eigenvalue weighted by Gasteiger charge is 2.29. The first-order valence-corrected chi connectivity index (χ1v) is 10.6. The lowest BCUT2D eigenvalue weighted by molar-refractivity contribution is -0.121. The van der Waals surface area contributed by atoms with Crippen LogP contribution in [-0.4, -0.2) is 39.9 Å². The molecule has 1 amide bonds. The molecule has 144 valence electrons. The van der Waals surface area contributed by atoms with Gasteiger partial charge in [-0.05, 0) is 37.3 Å². The van der Waals surface area contributed by atoms with E-state index in [1.165, 1.54) is 20.2 Å². The van der Waals surface area contributed by atoms with E-state index in [4.69, 9.17) is 4.74 Å². The zero-order chi connectivity index (χ0) is 20.0. The minimum absolute atomic E-state index is 0.357. The molecule has 0 radical (unpaired) electrons. The van der Waals surface area contributed by atoms with Crippen LogP contribution in [0.2, 0.25) is 0 Å². The molecule has 0 heterocycles. The Hall–Kier alpha value is -2.39. The van der Waals surface area contributed by atoms with Gasteiger partial charge in [-0.15, -0.1) is 0 Å². The van der Waals surface area contributed by atoms with Crippen molar-refractivity contribution in [3.05, 3.63) is 58.6 Å². The molecular formula is C18H20BrN3O4S. The van der Waals surface area contributed by atoms with Gasteiger partial charge in [-0.2, -0.15) is 5.10 Å². The summed E-state index contributed by atoms with van der Waals surface area (Å²) in [5, 5.41) is 3.91. The van der Waals surface area contributed by atoms with Crippen molar-refractivity contribution in [3.63, 3.8) is 0 Å².